The van der Waals surface area contributed by atoms with E-state index in [1.807, 2.05) is 7.05 Å². The third-order valence-electron chi connectivity index (χ3n) is 5.73. The summed E-state index contributed by atoms with van der Waals surface area (Å²) in [6, 6.07) is 2.55. The molecular weight excluding hydrogens is 260 g/mol. The minimum absolute atomic E-state index is 0.256. The van der Waals surface area contributed by atoms with Gasteiger partial charge in [0.25, 0.3) is 0 Å². The van der Waals surface area contributed by atoms with Crippen LogP contribution in [-0.4, -0.2) is 62.7 Å². The van der Waals surface area contributed by atoms with E-state index in [-0.39, 0.29) is 5.54 Å². The summed E-state index contributed by atoms with van der Waals surface area (Å²) in [6.07, 6.45) is 7.24. The second kappa shape index (κ2) is 7.58. The molecule has 0 radical (unpaired) electrons. The van der Waals surface area contributed by atoms with Crippen molar-refractivity contribution >= 4 is 0 Å². The first-order valence-electron chi connectivity index (χ1n) is 8.57. The van der Waals surface area contributed by atoms with E-state index in [0.29, 0.717) is 5.92 Å². The Morgan fingerprint density at radius 3 is 2.67 bits per heavy atom. The fourth-order valence-electron chi connectivity index (χ4n) is 4.15. The van der Waals surface area contributed by atoms with Crippen LogP contribution < -0.4 is 5.32 Å². The van der Waals surface area contributed by atoms with Gasteiger partial charge in [-0.15, -0.1) is 0 Å². The zero-order valence-corrected chi connectivity index (χ0v) is 14.1. The molecule has 0 aromatic rings. The highest BCUT2D eigenvalue weighted by Crippen LogP contribution is 2.37. The lowest BCUT2D eigenvalue weighted by Crippen LogP contribution is -2.45. The maximum absolute atomic E-state index is 9.51. The molecular formula is C17H32N4. The topological polar surface area (TPSA) is 42.3 Å². The molecule has 1 N–H and O–H groups in total. The molecule has 0 spiro atoms. The van der Waals surface area contributed by atoms with Gasteiger partial charge in [-0.25, -0.2) is 0 Å². The highest BCUT2D eigenvalue weighted by Gasteiger charge is 2.41. The molecule has 0 aromatic carbocycles. The summed E-state index contributed by atoms with van der Waals surface area (Å²) in [5, 5.41) is 12.8. The zero-order valence-electron chi connectivity index (χ0n) is 14.1. The van der Waals surface area contributed by atoms with Gasteiger partial charge in [0.1, 0.15) is 5.54 Å². The average molecular weight is 292 g/mol. The summed E-state index contributed by atoms with van der Waals surface area (Å²) in [4.78, 5) is 4.93. The Hall–Kier alpha value is -0.630. The molecule has 0 aromatic heterocycles. The van der Waals surface area contributed by atoms with Crippen LogP contribution in [0.25, 0.3) is 0 Å². The van der Waals surface area contributed by atoms with Crippen molar-refractivity contribution in [2.45, 2.75) is 44.1 Å². The van der Waals surface area contributed by atoms with Crippen LogP contribution in [0.4, 0.5) is 0 Å². The lowest BCUT2D eigenvalue weighted by Gasteiger charge is -2.33. The molecule has 1 saturated carbocycles. The lowest BCUT2D eigenvalue weighted by molar-refractivity contribution is 0.168. The van der Waals surface area contributed by atoms with Crippen LogP contribution in [0.15, 0.2) is 0 Å². The first kappa shape index (κ1) is 16.7. The van der Waals surface area contributed by atoms with E-state index in [1.54, 1.807) is 0 Å². The summed E-state index contributed by atoms with van der Waals surface area (Å²) in [7, 11) is 6.42. The first-order chi connectivity index (χ1) is 10.1. The molecule has 4 nitrogen and oxygen atoms in total. The van der Waals surface area contributed by atoms with Crippen LogP contribution in [0.1, 0.15) is 38.5 Å². The predicted octanol–water partition coefficient (Wildman–Crippen LogP) is 1.93. The van der Waals surface area contributed by atoms with Crippen molar-refractivity contribution in [3.63, 3.8) is 0 Å². The SMILES string of the molecule is CNC1(C#N)CCCC1CCN(C)CC1CCN(C)CC1. The van der Waals surface area contributed by atoms with E-state index in [9.17, 15) is 5.26 Å². The number of hydrogen-bond acceptors (Lipinski definition) is 4. The highest BCUT2D eigenvalue weighted by molar-refractivity contribution is 5.13. The largest absolute Gasteiger partial charge is 0.306 e. The van der Waals surface area contributed by atoms with Crippen LogP contribution >= 0.6 is 0 Å². The third-order valence-corrected chi connectivity index (χ3v) is 5.73. The third kappa shape index (κ3) is 4.18. The van der Waals surface area contributed by atoms with E-state index < -0.39 is 0 Å². The van der Waals surface area contributed by atoms with Crippen molar-refractivity contribution in [1.82, 2.24) is 15.1 Å². The molecule has 1 aliphatic heterocycles. The van der Waals surface area contributed by atoms with Crippen LogP contribution in [0, 0.1) is 23.2 Å². The number of piperidine rings is 1. The molecule has 1 heterocycles. The van der Waals surface area contributed by atoms with Gasteiger partial charge in [-0.3, -0.25) is 0 Å². The maximum atomic E-state index is 9.51. The van der Waals surface area contributed by atoms with E-state index >= 15 is 0 Å². The molecule has 2 rings (SSSR count). The minimum Gasteiger partial charge on any atom is -0.306 e. The second-order valence-electron chi connectivity index (χ2n) is 7.22. The summed E-state index contributed by atoms with van der Waals surface area (Å²) < 4.78 is 0. The smallest absolute Gasteiger partial charge is 0.109 e. The lowest BCUT2D eigenvalue weighted by atomic mass is 9.86. The average Bonchev–Trinajstić information content (AvgIpc) is 2.91. The Balaban J connectivity index is 1.74. The molecule has 120 valence electrons. The maximum Gasteiger partial charge on any atom is 0.109 e. The molecule has 1 aliphatic carbocycles. The molecule has 2 aliphatic rings. The number of hydrogen-bond donors (Lipinski definition) is 1. The van der Waals surface area contributed by atoms with Crippen molar-refractivity contribution in [3.05, 3.63) is 0 Å². The van der Waals surface area contributed by atoms with Crippen LogP contribution in [-0.2, 0) is 0 Å². The van der Waals surface area contributed by atoms with Crippen molar-refractivity contribution in [1.29, 1.82) is 5.26 Å². The highest BCUT2D eigenvalue weighted by atomic mass is 15.1. The van der Waals surface area contributed by atoms with Gasteiger partial charge in [-0.05, 0) is 84.7 Å². The number of nitriles is 1. The van der Waals surface area contributed by atoms with Gasteiger partial charge in [-0.1, -0.05) is 6.42 Å². The predicted molar refractivity (Wildman–Crippen MR) is 87.1 cm³/mol. The van der Waals surface area contributed by atoms with Crippen molar-refractivity contribution in [2.24, 2.45) is 11.8 Å². The Labute approximate surface area is 130 Å². The quantitative estimate of drug-likeness (QED) is 0.812. The van der Waals surface area contributed by atoms with Crippen molar-refractivity contribution in [2.75, 3.05) is 47.3 Å². The Morgan fingerprint density at radius 1 is 1.33 bits per heavy atom. The first-order valence-corrected chi connectivity index (χ1v) is 8.57. The van der Waals surface area contributed by atoms with Gasteiger partial charge < -0.3 is 15.1 Å². The van der Waals surface area contributed by atoms with Crippen LogP contribution in [0.5, 0.6) is 0 Å². The van der Waals surface area contributed by atoms with Gasteiger partial charge >= 0.3 is 0 Å². The monoisotopic (exact) mass is 292 g/mol. The number of likely N-dealkylation sites (tertiary alicyclic amines) is 1. The Kier molecular flexibility index (Phi) is 6.04. The normalized spacial score (nSPS) is 31.7. The van der Waals surface area contributed by atoms with E-state index in [0.717, 1.165) is 25.3 Å². The molecule has 1 saturated heterocycles. The van der Waals surface area contributed by atoms with Crippen LogP contribution in [0.2, 0.25) is 0 Å². The molecule has 0 bridgehead atoms. The number of rotatable bonds is 6. The second-order valence-corrected chi connectivity index (χ2v) is 7.22. The van der Waals surface area contributed by atoms with E-state index in [2.05, 4.69) is 35.3 Å². The van der Waals surface area contributed by atoms with E-state index in [4.69, 9.17) is 0 Å². The van der Waals surface area contributed by atoms with Gasteiger partial charge in [0.05, 0.1) is 6.07 Å². The molecule has 2 unspecified atom stereocenters. The van der Waals surface area contributed by atoms with Gasteiger partial charge in [0.2, 0.25) is 0 Å². The molecule has 2 fully saturated rings. The Morgan fingerprint density at radius 2 is 2.05 bits per heavy atom. The number of nitrogens with zero attached hydrogens (tertiary/aromatic N) is 3. The molecule has 0 amide bonds. The zero-order chi connectivity index (χ0) is 15.3. The fraction of sp³-hybridized carbons (Fsp3) is 0.941. The number of nitrogens with one attached hydrogen (secondary N) is 1. The minimum atomic E-state index is -0.256. The van der Waals surface area contributed by atoms with Crippen molar-refractivity contribution < 1.29 is 0 Å². The molecule has 21 heavy (non-hydrogen) atoms. The van der Waals surface area contributed by atoms with Gasteiger partial charge in [-0.2, -0.15) is 5.26 Å². The van der Waals surface area contributed by atoms with Gasteiger partial charge in [0, 0.05) is 6.54 Å². The summed E-state index contributed by atoms with van der Waals surface area (Å²) in [6.45, 7) is 4.85. The fourth-order valence-corrected chi connectivity index (χ4v) is 4.15. The Bertz CT molecular complexity index is 356. The summed E-state index contributed by atoms with van der Waals surface area (Å²) in [5.41, 5.74) is -0.256. The van der Waals surface area contributed by atoms with Crippen LogP contribution in [0.3, 0.4) is 0 Å². The standard InChI is InChI=1S/C17H32N4/c1-19-17(14-18)9-4-5-16(17)8-12-21(3)13-15-6-10-20(2)11-7-15/h15-16,19H,4-13H2,1-3H3. The van der Waals surface area contributed by atoms with Crippen molar-refractivity contribution in [3.8, 4) is 6.07 Å². The van der Waals surface area contributed by atoms with Gasteiger partial charge in [0.15, 0.2) is 0 Å². The molecule has 4 heteroatoms. The van der Waals surface area contributed by atoms with E-state index in [1.165, 1.54) is 45.3 Å². The molecule has 2 atom stereocenters. The summed E-state index contributed by atoms with van der Waals surface area (Å²) in [5.74, 6) is 1.38. The summed E-state index contributed by atoms with van der Waals surface area (Å²) >= 11 is 0.